The Morgan fingerprint density at radius 3 is 2.43 bits per heavy atom. The molecule has 0 saturated heterocycles. The summed E-state index contributed by atoms with van der Waals surface area (Å²) in [6, 6.07) is 18.8. The SMILES string of the molecule is CC(=O)SCC#Cc1cc2ccccc2c2ccccc12. The summed E-state index contributed by atoms with van der Waals surface area (Å²) < 4.78 is 0. The van der Waals surface area contributed by atoms with E-state index in [2.05, 4.69) is 54.3 Å². The number of rotatable bonds is 1. The molecule has 0 atom stereocenters. The lowest BCUT2D eigenvalue weighted by atomic mass is 9.97. The van der Waals surface area contributed by atoms with E-state index in [0.717, 1.165) is 10.9 Å². The van der Waals surface area contributed by atoms with Crippen LogP contribution in [-0.2, 0) is 4.79 Å². The van der Waals surface area contributed by atoms with Crippen LogP contribution in [0.25, 0.3) is 21.5 Å². The van der Waals surface area contributed by atoms with Gasteiger partial charge >= 0.3 is 0 Å². The average Bonchev–Trinajstić information content (AvgIpc) is 2.51. The molecule has 0 unspecified atom stereocenters. The van der Waals surface area contributed by atoms with E-state index < -0.39 is 0 Å². The Labute approximate surface area is 128 Å². The van der Waals surface area contributed by atoms with Gasteiger partial charge in [-0.25, -0.2) is 0 Å². The first-order valence-corrected chi connectivity index (χ1v) is 7.77. The first-order valence-electron chi connectivity index (χ1n) is 6.78. The normalized spacial score (nSPS) is 10.3. The molecule has 0 fully saturated rings. The van der Waals surface area contributed by atoms with E-state index in [1.165, 1.54) is 27.9 Å². The van der Waals surface area contributed by atoms with Crippen LogP contribution in [0.4, 0.5) is 0 Å². The van der Waals surface area contributed by atoms with Crippen LogP contribution >= 0.6 is 11.8 Å². The molecule has 0 saturated carbocycles. The molecule has 1 nitrogen and oxygen atoms in total. The topological polar surface area (TPSA) is 17.1 Å². The molecule has 102 valence electrons. The fourth-order valence-corrected chi connectivity index (χ4v) is 2.77. The number of benzene rings is 3. The van der Waals surface area contributed by atoms with Crippen molar-refractivity contribution in [3.63, 3.8) is 0 Å². The van der Waals surface area contributed by atoms with Crippen molar-refractivity contribution in [2.75, 3.05) is 5.75 Å². The number of fused-ring (bicyclic) bond motifs is 3. The van der Waals surface area contributed by atoms with E-state index >= 15 is 0 Å². The van der Waals surface area contributed by atoms with Crippen LogP contribution in [0.3, 0.4) is 0 Å². The minimum absolute atomic E-state index is 0.104. The lowest BCUT2D eigenvalue weighted by Crippen LogP contribution is -1.85. The smallest absolute Gasteiger partial charge is 0.186 e. The van der Waals surface area contributed by atoms with Crippen molar-refractivity contribution in [3.05, 3.63) is 60.2 Å². The summed E-state index contributed by atoms with van der Waals surface area (Å²) in [4.78, 5) is 10.9. The number of carbonyl (C=O) groups is 1. The average molecular weight is 290 g/mol. The summed E-state index contributed by atoms with van der Waals surface area (Å²) in [6.07, 6.45) is 0. The molecule has 0 aromatic heterocycles. The lowest BCUT2D eigenvalue weighted by molar-refractivity contribution is -0.109. The Balaban J connectivity index is 2.14. The standard InChI is InChI=1S/C19H14OS/c1-14(20)21-12-6-8-16-13-15-7-2-3-9-17(15)19-11-5-4-10-18(16)19/h2-5,7,9-11,13H,12H2,1H3. The summed E-state index contributed by atoms with van der Waals surface area (Å²) in [5.41, 5.74) is 1.02. The first-order chi connectivity index (χ1) is 10.3. The molecule has 0 radical (unpaired) electrons. The molecule has 0 aliphatic carbocycles. The minimum Gasteiger partial charge on any atom is -0.288 e. The predicted octanol–water partition coefficient (Wildman–Crippen LogP) is 4.62. The van der Waals surface area contributed by atoms with Crippen LogP contribution in [0.5, 0.6) is 0 Å². The van der Waals surface area contributed by atoms with Gasteiger partial charge in [0, 0.05) is 12.5 Å². The molecule has 0 bridgehead atoms. The van der Waals surface area contributed by atoms with E-state index in [9.17, 15) is 4.79 Å². The van der Waals surface area contributed by atoms with Crippen LogP contribution in [0.15, 0.2) is 54.6 Å². The van der Waals surface area contributed by atoms with Crippen LogP contribution in [-0.4, -0.2) is 10.9 Å². The van der Waals surface area contributed by atoms with Crippen LogP contribution in [0.2, 0.25) is 0 Å². The molecule has 3 rings (SSSR count). The zero-order valence-corrected chi connectivity index (χ0v) is 12.5. The van der Waals surface area contributed by atoms with Gasteiger partial charge in [0.15, 0.2) is 5.12 Å². The summed E-state index contributed by atoms with van der Waals surface area (Å²) in [7, 11) is 0. The van der Waals surface area contributed by atoms with Gasteiger partial charge in [-0.05, 0) is 27.6 Å². The highest BCUT2D eigenvalue weighted by molar-refractivity contribution is 8.13. The fraction of sp³-hybridized carbons (Fsp3) is 0.105. The number of thioether (sulfide) groups is 1. The third kappa shape index (κ3) is 2.94. The van der Waals surface area contributed by atoms with Gasteiger partial charge < -0.3 is 0 Å². The first kappa shape index (κ1) is 13.7. The molecular formula is C19H14OS. The third-order valence-corrected chi connectivity index (χ3v) is 4.03. The summed E-state index contributed by atoms with van der Waals surface area (Å²) in [6.45, 7) is 1.57. The molecule has 0 heterocycles. The molecule has 3 aromatic carbocycles. The maximum Gasteiger partial charge on any atom is 0.186 e. The second kappa shape index (κ2) is 6.03. The maximum atomic E-state index is 10.9. The van der Waals surface area contributed by atoms with Crippen LogP contribution < -0.4 is 0 Å². The highest BCUT2D eigenvalue weighted by atomic mass is 32.2. The number of hydrogen-bond acceptors (Lipinski definition) is 2. The highest BCUT2D eigenvalue weighted by Gasteiger charge is 2.03. The van der Waals surface area contributed by atoms with Crippen molar-refractivity contribution >= 4 is 38.4 Å². The van der Waals surface area contributed by atoms with Gasteiger partial charge in [-0.1, -0.05) is 72.1 Å². The molecule has 0 N–H and O–H groups in total. The van der Waals surface area contributed by atoms with Gasteiger partial charge in [0.05, 0.1) is 5.75 Å². The van der Waals surface area contributed by atoms with Gasteiger partial charge in [0.25, 0.3) is 0 Å². The molecule has 0 spiro atoms. The van der Waals surface area contributed by atoms with E-state index in [1.54, 1.807) is 6.92 Å². The molecular weight excluding hydrogens is 276 g/mol. The highest BCUT2D eigenvalue weighted by Crippen LogP contribution is 2.28. The summed E-state index contributed by atoms with van der Waals surface area (Å²) in [5.74, 6) is 6.83. The quantitative estimate of drug-likeness (QED) is 0.480. The fourth-order valence-electron chi connectivity index (χ4n) is 2.43. The number of carbonyl (C=O) groups excluding carboxylic acids is 1. The Bertz CT molecular complexity index is 884. The van der Waals surface area contributed by atoms with E-state index in [4.69, 9.17) is 0 Å². The summed E-state index contributed by atoms with van der Waals surface area (Å²) in [5, 5.41) is 4.93. The zero-order chi connectivity index (χ0) is 14.7. The second-order valence-corrected chi connectivity index (χ2v) is 5.93. The Morgan fingerprint density at radius 2 is 1.67 bits per heavy atom. The Kier molecular flexibility index (Phi) is 3.94. The lowest BCUT2D eigenvalue weighted by Gasteiger charge is -2.06. The van der Waals surface area contributed by atoms with Gasteiger partial charge in [0.2, 0.25) is 0 Å². The molecule has 3 aromatic rings. The van der Waals surface area contributed by atoms with Crippen molar-refractivity contribution in [2.24, 2.45) is 0 Å². The van der Waals surface area contributed by atoms with Crippen LogP contribution in [0, 0.1) is 11.8 Å². The van der Waals surface area contributed by atoms with Crippen molar-refractivity contribution < 1.29 is 4.79 Å². The number of hydrogen-bond donors (Lipinski definition) is 0. The maximum absolute atomic E-state index is 10.9. The van der Waals surface area contributed by atoms with Gasteiger partial charge in [0.1, 0.15) is 0 Å². The van der Waals surface area contributed by atoms with Gasteiger partial charge in [-0.2, -0.15) is 0 Å². The van der Waals surface area contributed by atoms with E-state index in [1.807, 2.05) is 12.1 Å². The van der Waals surface area contributed by atoms with Crippen molar-refractivity contribution in [1.82, 2.24) is 0 Å². The monoisotopic (exact) mass is 290 g/mol. The van der Waals surface area contributed by atoms with Gasteiger partial charge in [-0.3, -0.25) is 4.79 Å². The Hall–Kier alpha value is -2.24. The minimum atomic E-state index is 0.104. The second-order valence-electron chi connectivity index (χ2n) is 4.77. The van der Waals surface area contributed by atoms with Gasteiger partial charge in [-0.15, -0.1) is 0 Å². The molecule has 21 heavy (non-hydrogen) atoms. The van der Waals surface area contributed by atoms with Crippen molar-refractivity contribution in [3.8, 4) is 11.8 Å². The van der Waals surface area contributed by atoms with Crippen molar-refractivity contribution in [1.29, 1.82) is 0 Å². The van der Waals surface area contributed by atoms with E-state index in [0.29, 0.717) is 5.75 Å². The zero-order valence-electron chi connectivity index (χ0n) is 11.7. The third-order valence-electron chi connectivity index (χ3n) is 3.34. The molecule has 2 heteroatoms. The molecule has 0 aliphatic heterocycles. The molecule has 0 aliphatic rings. The predicted molar refractivity (Wildman–Crippen MR) is 91.5 cm³/mol. The van der Waals surface area contributed by atoms with E-state index in [-0.39, 0.29) is 5.12 Å². The largest absolute Gasteiger partial charge is 0.288 e. The Morgan fingerprint density at radius 1 is 1.00 bits per heavy atom. The molecule has 0 amide bonds. The van der Waals surface area contributed by atoms with Crippen molar-refractivity contribution in [2.45, 2.75) is 6.92 Å². The van der Waals surface area contributed by atoms with Crippen LogP contribution in [0.1, 0.15) is 12.5 Å². The summed E-state index contributed by atoms with van der Waals surface area (Å²) >= 11 is 1.25.